The second-order valence-corrected chi connectivity index (χ2v) is 3.99. The molecule has 0 amide bonds. The number of carbonyl (C=O) groups excluding carboxylic acids is 1. The largest absolute Gasteiger partial charge is 0.489 e. The summed E-state index contributed by atoms with van der Waals surface area (Å²) < 4.78 is 6.35. The molecule has 1 aromatic rings. The average molecular weight is 269 g/mol. The quantitative estimate of drug-likeness (QED) is 0.616. The van der Waals surface area contributed by atoms with Crippen molar-refractivity contribution < 1.29 is 9.53 Å². The predicted molar refractivity (Wildman–Crippen MR) is 64.5 cm³/mol. The molecule has 0 saturated carbocycles. The van der Waals surface area contributed by atoms with Crippen molar-refractivity contribution in [2.24, 2.45) is 0 Å². The van der Waals surface area contributed by atoms with Gasteiger partial charge in [-0.25, -0.2) is 0 Å². The first-order valence-electron chi connectivity index (χ1n) is 4.69. The molecule has 0 unspecified atom stereocenters. The van der Waals surface area contributed by atoms with Gasteiger partial charge in [0.2, 0.25) is 0 Å². The normalized spacial score (nSPS) is 10.6. The summed E-state index contributed by atoms with van der Waals surface area (Å²) in [7, 11) is 0. The van der Waals surface area contributed by atoms with Crippen LogP contribution in [0.5, 0.6) is 5.75 Å². The van der Waals surface area contributed by atoms with E-state index in [1.165, 1.54) is 6.92 Å². The molecule has 1 rings (SSSR count). The van der Waals surface area contributed by atoms with E-state index in [2.05, 4.69) is 15.9 Å². The summed E-state index contributed by atoms with van der Waals surface area (Å²) in [6, 6.07) is 5.43. The minimum absolute atomic E-state index is 0.00628. The Balaban J connectivity index is 2.90. The van der Waals surface area contributed by atoms with Crippen molar-refractivity contribution in [3.8, 4) is 5.75 Å². The van der Waals surface area contributed by atoms with Crippen molar-refractivity contribution in [2.45, 2.75) is 13.8 Å². The van der Waals surface area contributed by atoms with E-state index in [0.29, 0.717) is 17.9 Å². The van der Waals surface area contributed by atoms with Crippen LogP contribution in [-0.2, 0) is 0 Å². The van der Waals surface area contributed by atoms with Gasteiger partial charge in [-0.3, -0.25) is 4.79 Å². The molecule has 15 heavy (non-hydrogen) atoms. The summed E-state index contributed by atoms with van der Waals surface area (Å²) in [5.41, 5.74) is 0.605. The fourth-order valence-electron chi connectivity index (χ4n) is 1.14. The maximum absolute atomic E-state index is 11.3. The minimum Gasteiger partial charge on any atom is -0.489 e. The molecule has 0 radical (unpaired) electrons. The number of allylic oxidation sites excluding steroid dienone is 1. The van der Waals surface area contributed by atoms with E-state index in [-0.39, 0.29) is 5.78 Å². The van der Waals surface area contributed by atoms with Crippen LogP contribution in [0.2, 0.25) is 0 Å². The van der Waals surface area contributed by atoms with Crippen molar-refractivity contribution in [1.82, 2.24) is 0 Å². The van der Waals surface area contributed by atoms with Crippen molar-refractivity contribution in [3.05, 3.63) is 40.4 Å². The maximum atomic E-state index is 11.3. The van der Waals surface area contributed by atoms with Crippen LogP contribution in [0.3, 0.4) is 0 Å². The van der Waals surface area contributed by atoms with Gasteiger partial charge in [0.15, 0.2) is 5.78 Å². The van der Waals surface area contributed by atoms with Gasteiger partial charge in [0, 0.05) is 4.47 Å². The van der Waals surface area contributed by atoms with Crippen LogP contribution in [0, 0.1) is 0 Å². The number of ether oxygens (including phenoxy) is 1. The predicted octanol–water partition coefficient (Wildman–Crippen LogP) is 3.61. The third kappa shape index (κ3) is 3.51. The van der Waals surface area contributed by atoms with Crippen LogP contribution in [0.1, 0.15) is 24.2 Å². The second-order valence-electron chi connectivity index (χ2n) is 3.08. The number of ketones is 1. The SMILES string of the molecule is CC=CCOc1ccc(Br)cc1C(C)=O. The zero-order valence-electron chi connectivity index (χ0n) is 8.79. The molecule has 3 heteroatoms. The Morgan fingerprint density at radius 3 is 2.87 bits per heavy atom. The van der Waals surface area contributed by atoms with E-state index in [0.717, 1.165) is 4.47 Å². The molecule has 0 aliphatic heterocycles. The Morgan fingerprint density at radius 1 is 1.53 bits per heavy atom. The summed E-state index contributed by atoms with van der Waals surface area (Å²) in [4.78, 5) is 11.3. The molecule has 0 aliphatic carbocycles. The van der Waals surface area contributed by atoms with Gasteiger partial charge >= 0.3 is 0 Å². The molecule has 0 bridgehead atoms. The molecule has 1 aromatic carbocycles. The first-order valence-corrected chi connectivity index (χ1v) is 5.49. The van der Waals surface area contributed by atoms with E-state index in [1.54, 1.807) is 12.1 Å². The Morgan fingerprint density at radius 2 is 2.27 bits per heavy atom. The van der Waals surface area contributed by atoms with Crippen LogP contribution >= 0.6 is 15.9 Å². The van der Waals surface area contributed by atoms with Crippen molar-refractivity contribution in [3.63, 3.8) is 0 Å². The molecular weight excluding hydrogens is 256 g/mol. The standard InChI is InChI=1S/C12H13BrO2/c1-3-4-7-15-12-6-5-10(13)8-11(12)9(2)14/h3-6,8H,7H2,1-2H3. The molecule has 0 aromatic heterocycles. The summed E-state index contributed by atoms with van der Waals surface area (Å²) in [6.45, 7) is 3.94. The fraction of sp³-hybridized carbons (Fsp3) is 0.250. The van der Waals surface area contributed by atoms with Gasteiger partial charge in [-0.15, -0.1) is 0 Å². The van der Waals surface area contributed by atoms with Gasteiger partial charge < -0.3 is 4.74 Å². The topological polar surface area (TPSA) is 26.3 Å². The van der Waals surface area contributed by atoms with Crippen LogP contribution < -0.4 is 4.74 Å². The summed E-state index contributed by atoms with van der Waals surface area (Å²) >= 11 is 3.32. The van der Waals surface area contributed by atoms with Crippen molar-refractivity contribution in [2.75, 3.05) is 6.61 Å². The smallest absolute Gasteiger partial charge is 0.163 e. The number of rotatable bonds is 4. The number of benzene rings is 1. The van der Waals surface area contributed by atoms with Crippen LogP contribution in [0.25, 0.3) is 0 Å². The second kappa shape index (κ2) is 5.71. The van der Waals surface area contributed by atoms with Crippen LogP contribution in [-0.4, -0.2) is 12.4 Å². The number of hydrogen-bond acceptors (Lipinski definition) is 2. The number of halogens is 1. The van der Waals surface area contributed by atoms with Crippen molar-refractivity contribution in [1.29, 1.82) is 0 Å². The molecule has 2 nitrogen and oxygen atoms in total. The van der Waals surface area contributed by atoms with Gasteiger partial charge in [-0.1, -0.05) is 28.1 Å². The van der Waals surface area contributed by atoms with Gasteiger partial charge in [0.05, 0.1) is 5.56 Å². The molecule has 0 fully saturated rings. The lowest BCUT2D eigenvalue weighted by atomic mass is 10.1. The summed E-state index contributed by atoms with van der Waals surface area (Å²) in [5, 5.41) is 0. The van der Waals surface area contributed by atoms with Gasteiger partial charge in [-0.05, 0) is 32.0 Å². The summed E-state index contributed by atoms with van der Waals surface area (Å²) in [6.07, 6.45) is 3.80. The van der Waals surface area contributed by atoms with E-state index < -0.39 is 0 Å². The van der Waals surface area contributed by atoms with Gasteiger partial charge in [-0.2, -0.15) is 0 Å². The van der Waals surface area contributed by atoms with Crippen LogP contribution in [0.4, 0.5) is 0 Å². The molecule has 80 valence electrons. The molecule has 0 spiro atoms. The first kappa shape index (κ1) is 12.0. The highest BCUT2D eigenvalue weighted by Crippen LogP contribution is 2.23. The number of Topliss-reactive ketones (excluding diaryl/α,β-unsaturated/α-hetero) is 1. The monoisotopic (exact) mass is 268 g/mol. The Bertz CT molecular complexity index is 383. The number of hydrogen-bond donors (Lipinski definition) is 0. The van der Waals surface area contributed by atoms with E-state index in [1.807, 2.05) is 25.1 Å². The maximum Gasteiger partial charge on any atom is 0.163 e. The van der Waals surface area contributed by atoms with Gasteiger partial charge in [0.1, 0.15) is 12.4 Å². The molecular formula is C12H13BrO2. The lowest BCUT2D eigenvalue weighted by Crippen LogP contribution is -2.01. The van der Waals surface area contributed by atoms with Crippen LogP contribution in [0.15, 0.2) is 34.8 Å². The lowest BCUT2D eigenvalue weighted by Gasteiger charge is -2.08. The minimum atomic E-state index is 0.00628. The fourth-order valence-corrected chi connectivity index (χ4v) is 1.50. The number of carbonyl (C=O) groups is 1. The third-order valence-corrected chi connectivity index (χ3v) is 2.38. The Labute approximate surface area is 98.1 Å². The molecule has 0 aliphatic rings. The molecule has 0 heterocycles. The Kier molecular flexibility index (Phi) is 4.56. The van der Waals surface area contributed by atoms with Crippen molar-refractivity contribution >= 4 is 21.7 Å². The molecule has 0 saturated heterocycles. The third-order valence-electron chi connectivity index (χ3n) is 1.89. The van der Waals surface area contributed by atoms with Gasteiger partial charge in [0.25, 0.3) is 0 Å². The highest BCUT2D eigenvalue weighted by molar-refractivity contribution is 9.10. The summed E-state index contributed by atoms with van der Waals surface area (Å²) in [5.74, 6) is 0.635. The molecule has 0 atom stereocenters. The van der Waals surface area contributed by atoms with E-state index >= 15 is 0 Å². The zero-order valence-corrected chi connectivity index (χ0v) is 10.4. The van der Waals surface area contributed by atoms with E-state index in [9.17, 15) is 4.79 Å². The molecule has 0 N–H and O–H groups in total. The Hall–Kier alpha value is -1.09. The highest BCUT2D eigenvalue weighted by Gasteiger charge is 2.08. The lowest BCUT2D eigenvalue weighted by molar-refractivity contribution is 0.101. The first-order chi connectivity index (χ1) is 7.15. The highest BCUT2D eigenvalue weighted by atomic mass is 79.9. The zero-order chi connectivity index (χ0) is 11.3. The average Bonchev–Trinajstić information content (AvgIpc) is 2.20. The van der Waals surface area contributed by atoms with E-state index in [4.69, 9.17) is 4.74 Å².